The highest BCUT2D eigenvalue weighted by molar-refractivity contribution is 5.44. The average molecular weight is 288 g/mol. The normalized spacial score (nSPS) is 12.1. The monoisotopic (exact) mass is 288 g/mol. The van der Waals surface area contributed by atoms with Crippen LogP contribution in [0.25, 0.3) is 0 Å². The first-order valence-electron chi connectivity index (χ1n) is 6.87. The molecule has 0 amide bonds. The zero-order chi connectivity index (χ0) is 15.2. The summed E-state index contributed by atoms with van der Waals surface area (Å²) in [5.41, 5.74) is 2.40. The molecule has 0 heterocycles. The maximum Gasteiger partial charge on any atom is 0.188 e. The van der Waals surface area contributed by atoms with Crippen molar-refractivity contribution in [2.45, 2.75) is 19.4 Å². The second-order valence-electron chi connectivity index (χ2n) is 4.77. The van der Waals surface area contributed by atoms with E-state index >= 15 is 0 Å². The molecule has 21 heavy (non-hydrogen) atoms. The van der Waals surface area contributed by atoms with Crippen LogP contribution in [0, 0.1) is 0 Å². The van der Waals surface area contributed by atoms with Gasteiger partial charge in [0.05, 0.1) is 0 Å². The number of hydrogen-bond acceptors (Lipinski definition) is 4. The van der Waals surface area contributed by atoms with Gasteiger partial charge in [0.1, 0.15) is 17.6 Å². The van der Waals surface area contributed by atoms with Crippen molar-refractivity contribution in [2.75, 3.05) is 13.9 Å². The van der Waals surface area contributed by atoms with Crippen LogP contribution in [-0.2, 0) is 11.2 Å². The summed E-state index contributed by atoms with van der Waals surface area (Å²) in [7, 11) is 1.53. The summed E-state index contributed by atoms with van der Waals surface area (Å²) in [5, 5.41) is 20.4. The molecule has 2 rings (SSSR count). The summed E-state index contributed by atoms with van der Waals surface area (Å²) >= 11 is 0. The minimum Gasteiger partial charge on any atom is -0.507 e. The van der Waals surface area contributed by atoms with E-state index in [4.69, 9.17) is 9.47 Å². The SMILES string of the molecule is CCc1ccc(C(O)c2ccc(OCOC)cc2O)cc1. The molecule has 2 aromatic rings. The van der Waals surface area contributed by atoms with Crippen molar-refractivity contribution in [3.63, 3.8) is 0 Å². The molecular formula is C17H20O4. The Morgan fingerprint density at radius 1 is 1.10 bits per heavy atom. The number of phenolic OH excluding ortho intramolecular Hbond substituents is 1. The Bertz CT molecular complexity index is 578. The number of aliphatic hydroxyl groups is 1. The highest BCUT2D eigenvalue weighted by Gasteiger charge is 2.15. The summed E-state index contributed by atoms with van der Waals surface area (Å²) in [6.45, 7) is 2.19. The van der Waals surface area contributed by atoms with E-state index in [1.54, 1.807) is 12.1 Å². The van der Waals surface area contributed by atoms with Crippen molar-refractivity contribution >= 4 is 0 Å². The maximum atomic E-state index is 10.4. The van der Waals surface area contributed by atoms with Gasteiger partial charge in [0.2, 0.25) is 0 Å². The van der Waals surface area contributed by atoms with Crippen molar-refractivity contribution in [3.05, 3.63) is 59.2 Å². The molecule has 2 aromatic carbocycles. The van der Waals surface area contributed by atoms with Crippen molar-refractivity contribution in [1.82, 2.24) is 0 Å². The van der Waals surface area contributed by atoms with Crippen LogP contribution in [0.3, 0.4) is 0 Å². The van der Waals surface area contributed by atoms with Crippen LogP contribution in [-0.4, -0.2) is 24.1 Å². The van der Waals surface area contributed by atoms with Crippen LogP contribution >= 0.6 is 0 Å². The molecule has 1 atom stereocenters. The van der Waals surface area contributed by atoms with Crippen LogP contribution in [0.4, 0.5) is 0 Å². The Hall–Kier alpha value is -2.04. The topological polar surface area (TPSA) is 58.9 Å². The van der Waals surface area contributed by atoms with Gasteiger partial charge >= 0.3 is 0 Å². The molecule has 0 aliphatic heterocycles. The van der Waals surface area contributed by atoms with E-state index in [9.17, 15) is 10.2 Å². The molecular weight excluding hydrogens is 268 g/mol. The van der Waals surface area contributed by atoms with Gasteiger partial charge in [-0.05, 0) is 29.7 Å². The Morgan fingerprint density at radius 2 is 1.81 bits per heavy atom. The third kappa shape index (κ3) is 3.74. The van der Waals surface area contributed by atoms with Gasteiger partial charge in [0.25, 0.3) is 0 Å². The van der Waals surface area contributed by atoms with Gasteiger partial charge in [-0.2, -0.15) is 0 Å². The lowest BCUT2D eigenvalue weighted by Gasteiger charge is -2.15. The predicted octanol–water partition coefficient (Wildman–Crippen LogP) is 3.02. The molecule has 0 saturated carbocycles. The first kappa shape index (κ1) is 15.4. The summed E-state index contributed by atoms with van der Waals surface area (Å²) in [6, 6.07) is 12.5. The first-order chi connectivity index (χ1) is 10.2. The number of rotatable bonds is 6. The lowest BCUT2D eigenvalue weighted by molar-refractivity contribution is 0.0509. The van der Waals surface area contributed by atoms with Crippen molar-refractivity contribution in [3.8, 4) is 11.5 Å². The summed E-state index contributed by atoms with van der Waals surface area (Å²) in [6.07, 6.45) is 0.0834. The predicted molar refractivity (Wildman–Crippen MR) is 80.5 cm³/mol. The molecule has 0 fully saturated rings. The fourth-order valence-electron chi connectivity index (χ4n) is 2.09. The van der Waals surface area contributed by atoms with E-state index in [1.807, 2.05) is 24.3 Å². The molecule has 4 heteroatoms. The fraction of sp³-hybridized carbons (Fsp3) is 0.294. The second kappa shape index (κ2) is 7.11. The van der Waals surface area contributed by atoms with E-state index in [0.29, 0.717) is 11.3 Å². The highest BCUT2D eigenvalue weighted by atomic mass is 16.7. The van der Waals surface area contributed by atoms with E-state index in [2.05, 4.69) is 6.92 Å². The molecule has 0 spiro atoms. The molecule has 0 bridgehead atoms. The minimum absolute atomic E-state index is 0.00401. The summed E-state index contributed by atoms with van der Waals surface area (Å²) in [5.74, 6) is 0.488. The van der Waals surface area contributed by atoms with Crippen molar-refractivity contribution < 1.29 is 19.7 Å². The van der Waals surface area contributed by atoms with E-state index in [1.165, 1.54) is 18.7 Å². The Balaban J connectivity index is 2.19. The maximum absolute atomic E-state index is 10.4. The van der Waals surface area contributed by atoms with Gasteiger partial charge in [-0.25, -0.2) is 0 Å². The van der Waals surface area contributed by atoms with Gasteiger partial charge in [0, 0.05) is 18.7 Å². The smallest absolute Gasteiger partial charge is 0.188 e. The van der Waals surface area contributed by atoms with Gasteiger partial charge in [-0.15, -0.1) is 0 Å². The number of aryl methyl sites for hydroxylation is 1. The first-order valence-corrected chi connectivity index (χ1v) is 6.87. The molecule has 0 aromatic heterocycles. The van der Waals surface area contributed by atoms with Gasteiger partial charge in [0.15, 0.2) is 6.79 Å². The third-order valence-corrected chi connectivity index (χ3v) is 3.34. The van der Waals surface area contributed by atoms with Crippen molar-refractivity contribution in [2.24, 2.45) is 0 Å². The fourth-order valence-corrected chi connectivity index (χ4v) is 2.09. The molecule has 0 aliphatic carbocycles. The number of methoxy groups -OCH3 is 1. The Morgan fingerprint density at radius 3 is 2.38 bits per heavy atom. The van der Waals surface area contributed by atoms with E-state index in [-0.39, 0.29) is 12.5 Å². The molecule has 2 N–H and O–H groups in total. The third-order valence-electron chi connectivity index (χ3n) is 3.34. The number of benzene rings is 2. The number of hydrogen-bond donors (Lipinski definition) is 2. The molecule has 112 valence electrons. The largest absolute Gasteiger partial charge is 0.507 e. The zero-order valence-corrected chi connectivity index (χ0v) is 12.2. The highest BCUT2D eigenvalue weighted by Crippen LogP contribution is 2.32. The molecule has 0 radical (unpaired) electrons. The number of aromatic hydroxyl groups is 1. The standard InChI is InChI=1S/C17H20O4/c1-3-12-4-6-13(7-5-12)17(19)15-9-8-14(10-16(15)18)21-11-20-2/h4-10,17-19H,3,11H2,1-2H3. The lowest BCUT2D eigenvalue weighted by atomic mass is 9.99. The van der Waals surface area contributed by atoms with Gasteiger partial charge < -0.3 is 19.7 Å². The van der Waals surface area contributed by atoms with Crippen LogP contribution in [0.15, 0.2) is 42.5 Å². The van der Waals surface area contributed by atoms with Crippen LogP contribution in [0.5, 0.6) is 11.5 Å². The molecule has 0 aliphatic rings. The zero-order valence-electron chi connectivity index (χ0n) is 12.2. The van der Waals surface area contributed by atoms with Crippen LogP contribution in [0.1, 0.15) is 29.7 Å². The van der Waals surface area contributed by atoms with Gasteiger partial charge in [-0.3, -0.25) is 0 Å². The Kier molecular flexibility index (Phi) is 5.20. The van der Waals surface area contributed by atoms with E-state index in [0.717, 1.165) is 12.0 Å². The summed E-state index contributed by atoms with van der Waals surface area (Å²) in [4.78, 5) is 0. The average Bonchev–Trinajstić information content (AvgIpc) is 2.52. The van der Waals surface area contributed by atoms with Crippen LogP contribution in [0.2, 0.25) is 0 Å². The second-order valence-corrected chi connectivity index (χ2v) is 4.77. The van der Waals surface area contributed by atoms with Crippen molar-refractivity contribution in [1.29, 1.82) is 0 Å². The molecule has 4 nitrogen and oxygen atoms in total. The molecule has 0 saturated heterocycles. The van der Waals surface area contributed by atoms with Gasteiger partial charge in [-0.1, -0.05) is 31.2 Å². The Labute approximate surface area is 124 Å². The quantitative estimate of drug-likeness (QED) is 0.802. The molecule has 1 unspecified atom stereocenters. The number of phenols is 1. The number of aliphatic hydroxyl groups excluding tert-OH is 1. The van der Waals surface area contributed by atoms with Crippen LogP contribution < -0.4 is 4.74 Å². The lowest BCUT2D eigenvalue weighted by Crippen LogP contribution is -2.02. The number of ether oxygens (including phenoxy) is 2. The van der Waals surface area contributed by atoms with E-state index < -0.39 is 6.10 Å². The minimum atomic E-state index is -0.868. The summed E-state index contributed by atoms with van der Waals surface area (Å²) < 4.78 is 10.0.